The fourth-order valence-electron chi connectivity index (χ4n) is 4.21. The molecule has 2 saturated heterocycles. The van der Waals surface area contributed by atoms with Gasteiger partial charge in [0.05, 0.1) is 36.3 Å². The molecule has 0 aliphatic carbocycles. The molecule has 140 valence electrons. The van der Waals surface area contributed by atoms with E-state index < -0.39 is 0 Å². The van der Waals surface area contributed by atoms with Crippen LogP contribution < -0.4 is 5.32 Å². The number of hydrogen-bond acceptors (Lipinski definition) is 4. The minimum atomic E-state index is 0.0368. The molecule has 4 rings (SSSR count). The van der Waals surface area contributed by atoms with Gasteiger partial charge < -0.3 is 14.6 Å². The highest BCUT2D eigenvalue weighted by Crippen LogP contribution is 2.22. The van der Waals surface area contributed by atoms with Gasteiger partial charge in [-0.25, -0.2) is 4.98 Å². The van der Waals surface area contributed by atoms with Crippen LogP contribution in [0.5, 0.6) is 0 Å². The van der Waals surface area contributed by atoms with E-state index in [-0.39, 0.29) is 17.9 Å². The molecule has 1 aromatic carbocycles. The van der Waals surface area contributed by atoms with E-state index in [1.807, 2.05) is 24.3 Å². The quantitative estimate of drug-likeness (QED) is 0.892. The Balaban J connectivity index is 1.49. The Labute approximate surface area is 154 Å². The smallest absolute Gasteiger partial charge is 0.240 e. The van der Waals surface area contributed by atoms with Crippen molar-refractivity contribution < 1.29 is 9.53 Å². The van der Waals surface area contributed by atoms with Gasteiger partial charge in [0, 0.05) is 5.92 Å². The lowest BCUT2D eigenvalue weighted by Crippen LogP contribution is -2.50. The summed E-state index contributed by atoms with van der Waals surface area (Å²) in [7, 11) is 0. The number of likely N-dealkylation sites (tertiary alicyclic amines) is 1. The highest BCUT2D eigenvalue weighted by Gasteiger charge is 2.35. The molecule has 6 nitrogen and oxygen atoms in total. The van der Waals surface area contributed by atoms with E-state index in [0.717, 1.165) is 36.6 Å². The van der Waals surface area contributed by atoms with Crippen LogP contribution in [0.15, 0.2) is 24.3 Å². The highest BCUT2D eigenvalue weighted by atomic mass is 16.5. The van der Waals surface area contributed by atoms with Crippen LogP contribution in [0.25, 0.3) is 11.0 Å². The van der Waals surface area contributed by atoms with E-state index in [0.29, 0.717) is 19.2 Å². The molecule has 0 unspecified atom stereocenters. The van der Waals surface area contributed by atoms with Crippen molar-refractivity contribution in [3.63, 3.8) is 0 Å². The molecule has 0 bridgehead atoms. The highest BCUT2D eigenvalue weighted by molar-refractivity contribution is 5.81. The molecule has 1 N–H and O–H groups in total. The van der Waals surface area contributed by atoms with Crippen molar-refractivity contribution in [2.75, 3.05) is 26.3 Å². The van der Waals surface area contributed by atoms with Crippen LogP contribution in [0.4, 0.5) is 0 Å². The summed E-state index contributed by atoms with van der Waals surface area (Å²) in [5.41, 5.74) is 1.97. The van der Waals surface area contributed by atoms with Crippen molar-refractivity contribution in [1.82, 2.24) is 19.8 Å². The third-order valence-corrected chi connectivity index (χ3v) is 5.51. The molecular weight excluding hydrogens is 328 g/mol. The summed E-state index contributed by atoms with van der Waals surface area (Å²) < 4.78 is 7.73. The first-order chi connectivity index (χ1) is 12.6. The molecule has 3 heterocycles. The molecule has 1 amide bonds. The molecule has 2 aromatic rings. The number of nitrogens with one attached hydrogen (secondary N) is 1. The first kappa shape index (κ1) is 17.5. The van der Waals surface area contributed by atoms with E-state index in [1.54, 1.807) is 0 Å². The standard InChI is InChI=1S/C20H28N4O2/c1-14(2)20-22-15-7-3-4-8-17(15)24(20)11-19(25)21-16-12-26-13-18(16)23-9-5-6-10-23/h3-4,7-8,14,16,18H,5-6,9-13H2,1-2H3,(H,21,25)/t16-,18-/m1/s1. The van der Waals surface area contributed by atoms with Crippen molar-refractivity contribution in [3.8, 4) is 0 Å². The number of hydrogen-bond donors (Lipinski definition) is 1. The summed E-state index contributed by atoms with van der Waals surface area (Å²) in [5.74, 6) is 1.26. The Hall–Kier alpha value is -1.92. The van der Waals surface area contributed by atoms with Gasteiger partial charge >= 0.3 is 0 Å². The van der Waals surface area contributed by atoms with Crippen molar-refractivity contribution in [1.29, 1.82) is 0 Å². The van der Waals surface area contributed by atoms with Gasteiger partial charge in [0.2, 0.25) is 5.91 Å². The van der Waals surface area contributed by atoms with E-state index in [4.69, 9.17) is 9.72 Å². The van der Waals surface area contributed by atoms with Gasteiger partial charge in [-0.15, -0.1) is 0 Å². The summed E-state index contributed by atoms with van der Waals surface area (Å²) in [4.78, 5) is 20.0. The zero-order valence-corrected chi connectivity index (χ0v) is 15.6. The van der Waals surface area contributed by atoms with Crippen molar-refractivity contribution in [2.24, 2.45) is 0 Å². The Kier molecular flexibility index (Phi) is 4.96. The predicted octanol–water partition coefficient (Wildman–Crippen LogP) is 2.14. The summed E-state index contributed by atoms with van der Waals surface area (Å²) >= 11 is 0. The first-order valence-electron chi connectivity index (χ1n) is 9.70. The van der Waals surface area contributed by atoms with Crippen molar-refractivity contribution in [3.05, 3.63) is 30.1 Å². The second kappa shape index (κ2) is 7.37. The zero-order valence-electron chi connectivity index (χ0n) is 15.6. The SMILES string of the molecule is CC(C)c1nc2ccccc2n1CC(=O)N[C@@H]1COC[C@H]1N1CCCC1. The fourth-order valence-corrected chi connectivity index (χ4v) is 4.21. The van der Waals surface area contributed by atoms with Crippen LogP contribution >= 0.6 is 0 Å². The molecule has 2 aliphatic rings. The maximum atomic E-state index is 12.8. The molecule has 2 fully saturated rings. The summed E-state index contributed by atoms with van der Waals surface area (Å²) in [6.45, 7) is 8.09. The zero-order chi connectivity index (χ0) is 18.1. The van der Waals surface area contributed by atoms with E-state index in [1.165, 1.54) is 12.8 Å². The van der Waals surface area contributed by atoms with Gasteiger partial charge in [0.1, 0.15) is 12.4 Å². The number of para-hydroxylation sites is 2. The monoisotopic (exact) mass is 356 g/mol. The number of aromatic nitrogens is 2. The summed E-state index contributed by atoms with van der Waals surface area (Å²) in [6, 6.07) is 8.41. The van der Waals surface area contributed by atoms with Crippen LogP contribution in [-0.4, -0.2) is 58.7 Å². The van der Waals surface area contributed by atoms with Crippen molar-refractivity contribution in [2.45, 2.75) is 51.2 Å². The lowest BCUT2D eigenvalue weighted by molar-refractivity contribution is -0.122. The molecule has 2 aliphatic heterocycles. The topological polar surface area (TPSA) is 59.4 Å². The van der Waals surface area contributed by atoms with Crippen LogP contribution in [0.2, 0.25) is 0 Å². The van der Waals surface area contributed by atoms with Gasteiger partial charge in [0.15, 0.2) is 0 Å². The molecule has 26 heavy (non-hydrogen) atoms. The van der Waals surface area contributed by atoms with Crippen molar-refractivity contribution >= 4 is 16.9 Å². The predicted molar refractivity (Wildman–Crippen MR) is 101 cm³/mol. The third kappa shape index (κ3) is 3.35. The number of fused-ring (bicyclic) bond motifs is 1. The molecule has 6 heteroatoms. The average Bonchev–Trinajstić information content (AvgIpc) is 3.34. The number of amides is 1. The van der Waals surface area contributed by atoms with Crippen LogP contribution in [0.1, 0.15) is 38.4 Å². The van der Waals surface area contributed by atoms with Crippen LogP contribution in [-0.2, 0) is 16.1 Å². The number of benzene rings is 1. The summed E-state index contributed by atoms with van der Waals surface area (Å²) in [6.07, 6.45) is 2.49. The summed E-state index contributed by atoms with van der Waals surface area (Å²) in [5, 5.41) is 3.22. The van der Waals surface area contributed by atoms with E-state index >= 15 is 0 Å². The number of imidazole rings is 1. The molecule has 2 atom stereocenters. The second-order valence-corrected chi connectivity index (χ2v) is 7.72. The maximum Gasteiger partial charge on any atom is 0.240 e. The lowest BCUT2D eigenvalue weighted by atomic mass is 10.1. The largest absolute Gasteiger partial charge is 0.378 e. The average molecular weight is 356 g/mol. The number of carbonyl (C=O) groups excluding carboxylic acids is 1. The van der Waals surface area contributed by atoms with E-state index in [9.17, 15) is 4.79 Å². The normalized spacial score (nSPS) is 24.0. The van der Waals surface area contributed by atoms with E-state index in [2.05, 4.69) is 28.6 Å². The Morgan fingerprint density at radius 1 is 1.27 bits per heavy atom. The molecule has 0 saturated carbocycles. The van der Waals surface area contributed by atoms with Gasteiger partial charge in [-0.3, -0.25) is 9.69 Å². The molecule has 0 spiro atoms. The van der Waals surface area contributed by atoms with Gasteiger partial charge in [-0.1, -0.05) is 26.0 Å². The molecule has 0 radical (unpaired) electrons. The minimum absolute atomic E-state index is 0.0368. The van der Waals surface area contributed by atoms with Crippen LogP contribution in [0.3, 0.4) is 0 Å². The Morgan fingerprint density at radius 3 is 2.81 bits per heavy atom. The first-order valence-corrected chi connectivity index (χ1v) is 9.70. The number of carbonyl (C=O) groups is 1. The second-order valence-electron chi connectivity index (χ2n) is 7.72. The maximum absolute atomic E-state index is 12.8. The Morgan fingerprint density at radius 2 is 2.04 bits per heavy atom. The number of rotatable bonds is 5. The van der Waals surface area contributed by atoms with Gasteiger partial charge in [-0.05, 0) is 38.1 Å². The lowest BCUT2D eigenvalue weighted by Gasteiger charge is -2.28. The third-order valence-electron chi connectivity index (χ3n) is 5.51. The van der Waals surface area contributed by atoms with Crippen LogP contribution in [0, 0.1) is 0 Å². The minimum Gasteiger partial charge on any atom is -0.378 e. The molecular formula is C20H28N4O2. The number of ether oxygens (including phenoxy) is 1. The van der Waals surface area contributed by atoms with Gasteiger partial charge in [-0.2, -0.15) is 0 Å². The Bertz CT molecular complexity index is 779. The van der Waals surface area contributed by atoms with Gasteiger partial charge in [0.25, 0.3) is 0 Å². The number of nitrogens with zero attached hydrogens (tertiary/aromatic N) is 3. The fraction of sp³-hybridized carbons (Fsp3) is 0.600. The molecule has 1 aromatic heterocycles.